The van der Waals surface area contributed by atoms with Crippen molar-refractivity contribution >= 4 is 23.3 Å². The summed E-state index contributed by atoms with van der Waals surface area (Å²) in [7, 11) is 0. The van der Waals surface area contributed by atoms with Crippen LogP contribution in [0.5, 0.6) is 5.75 Å². The van der Waals surface area contributed by atoms with Crippen LogP contribution in [0.2, 0.25) is 0 Å². The average molecular weight is 524 g/mol. The zero-order valence-corrected chi connectivity index (χ0v) is 21.7. The molecule has 1 N–H and O–H groups in total. The minimum atomic E-state index is -0.749. The maximum atomic E-state index is 15.9. The number of fused-ring (bicyclic) bond motifs is 1. The second kappa shape index (κ2) is 11.5. The number of benzene rings is 2. The van der Waals surface area contributed by atoms with Gasteiger partial charge < -0.3 is 19.7 Å². The van der Waals surface area contributed by atoms with Gasteiger partial charge in [-0.1, -0.05) is 24.6 Å². The Bertz CT molecular complexity index is 1310. The Kier molecular flexibility index (Phi) is 7.88. The van der Waals surface area contributed by atoms with Crippen LogP contribution in [0.3, 0.4) is 0 Å². The van der Waals surface area contributed by atoms with Crippen molar-refractivity contribution in [2.24, 2.45) is 10.9 Å². The Morgan fingerprint density at radius 1 is 1.08 bits per heavy atom. The molecule has 2 aliphatic heterocycles. The van der Waals surface area contributed by atoms with Crippen molar-refractivity contribution < 1.29 is 22.6 Å². The first kappa shape index (κ1) is 26.1. The Morgan fingerprint density at radius 2 is 1.84 bits per heavy atom. The number of aliphatic imine (C=N–C) groups is 1. The first-order chi connectivity index (χ1) is 18.4. The van der Waals surface area contributed by atoms with E-state index in [1.54, 1.807) is 19.1 Å². The van der Waals surface area contributed by atoms with E-state index >= 15 is 13.2 Å². The van der Waals surface area contributed by atoms with Crippen molar-refractivity contribution in [3.63, 3.8) is 0 Å². The summed E-state index contributed by atoms with van der Waals surface area (Å²) >= 11 is 0. The summed E-state index contributed by atoms with van der Waals surface area (Å²) in [5, 5.41) is 3.02. The van der Waals surface area contributed by atoms with Crippen molar-refractivity contribution in [3.8, 4) is 5.75 Å². The van der Waals surface area contributed by atoms with Crippen LogP contribution in [0.1, 0.15) is 44.2 Å². The lowest BCUT2D eigenvalue weighted by atomic mass is 10.0. The molecule has 1 atom stereocenters. The smallest absolute Gasteiger partial charge is 0.204 e. The van der Waals surface area contributed by atoms with Gasteiger partial charge in [-0.3, -0.25) is 0 Å². The molecule has 0 spiro atoms. The van der Waals surface area contributed by atoms with Crippen LogP contribution in [0, 0.1) is 17.6 Å². The number of hydrogen-bond acceptors (Lipinski definition) is 5. The van der Waals surface area contributed by atoms with Crippen molar-refractivity contribution in [2.45, 2.75) is 39.5 Å². The molecule has 1 fully saturated rings. The zero-order valence-electron chi connectivity index (χ0n) is 21.7. The summed E-state index contributed by atoms with van der Waals surface area (Å²) in [4.78, 5) is 6.46. The largest absolute Gasteiger partial charge is 0.455 e. The molecule has 0 saturated carbocycles. The van der Waals surface area contributed by atoms with Crippen molar-refractivity contribution in [3.05, 3.63) is 82.5 Å². The molecule has 0 aromatic heterocycles. The van der Waals surface area contributed by atoms with E-state index in [-0.39, 0.29) is 22.9 Å². The lowest BCUT2D eigenvalue weighted by molar-refractivity contribution is 0.122. The quantitative estimate of drug-likeness (QED) is 0.462. The van der Waals surface area contributed by atoms with Crippen LogP contribution in [0.4, 0.5) is 24.5 Å². The topological polar surface area (TPSA) is 46.1 Å². The molecule has 0 radical (unpaired) electrons. The lowest BCUT2D eigenvalue weighted by Gasteiger charge is -2.29. The van der Waals surface area contributed by atoms with Crippen molar-refractivity contribution in [1.29, 1.82) is 0 Å². The summed E-state index contributed by atoms with van der Waals surface area (Å²) in [6, 6.07) is 8.64. The number of amidine groups is 1. The zero-order chi connectivity index (χ0) is 26.6. The van der Waals surface area contributed by atoms with Gasteiger partial charge in [0.25, 0.3) is 0 Å². The third kappa shape index (κ3) is 5.65. The van der Waals surface area contributed by atoms with E-state index in [4.69, 9.17) is 9.47 Å². The molecular formula is C30H32F3N3O2. The second-order valence-electron chi connectivity index (χ2n) is 9.96. The minimum Gasteiger partial charge on any atom is -0.455 e. The molecule has 1 saturated heterocycles. The number of morpholine rings is 1. The number of rotatable bonds is 4. The van der Waals surface area contributed by atoms with Gasteiger partial charge in [-0.05, 0) is 62.4 Å². The molecule has 2 heterocycles. The predicted molar refractivity (Wildman–Crippen MR) is 145 cm³/mol. The maximum Gasteiger partial charge on any atom is 0.204 e. The van der Waals surface area contributed by atoms with Gasteiger partial charge in [-0.2, -0.15) is 4.39 Å². The van der Waals surface area contributed by atoms with Crippen molar-refractivity contribution in [2.75, 3.05) is 36.5 Å². The van der Waals surface area contributed by atoms with Gasteiger partial charge in [0, 0.05) is 48.2 Å². The molecule has 200 valence electrons. The number of nitrogens with zero attached hydrogens (tertiary/aromatic N) is 2. The van der Waals surface area contributed by atoms with E-state index in [2.05, 4.69) is 15.2 Å². The third-order valence-electron chi connectivity index (χ3n) is 7.11. The SMILES string of the molecule is CC1=Cc2c(F)c(O/C3=C(F)/C(Nc4ccc(N5CCOCC5)cc4)=N/C=C/CC3C)cc(F)c2CCC1. The predicted octanol–water partition coefficient (Wildman–Crippen LogP) is 7.17. The molecule has 5 rings (SSSR count). The summed E-state index contributed by atoms with van der Waals surface area (Å²) in [5.41, 5.74) is 3.17. The molecule has 5 nitrogen and oxygen atoms in total. The number of halogens is 3. The van der Waals surface area contributed by atoms with E-state index < -0.39 is 23.4 Å². The molecule has 2 aromatic rings. The molecule has 1 aliphatic carbocycles. The molecule has 1 unspecified atom stereocenters. The van der Waals surface area contributed by atoms with Crippen molar-refractivity contribution in [1.82, 2.24) is 0 Å². The summed E-state index contributed by atoms with van der Waals surface area (Å²) in [6.07, 6.45) is 7.38. The number of hydrogen-bond donors (Lipinski definition) is 1. The van der Waals surface area contributed by atoms with Gasteiger partial charge in [0.05, 0.1) is 13.2 Å². The van der Waals surface area contributed by atoms with E-state index in [1.165, 1.54) is 6.20 Å². The Balaban J connectivity index is 1.43. The fraction of sp³-hybridized carbons (Fsp3) is 0.367. The number of ether oxygens (including phenoxy) is 2. The van der Waals surface area contributed by atoms with Gasteiger partial charge in [0.15, 0.2) is 17.4 Å². The molecule has 0 bridgehead atoms. The minimum absolute atomic E-state index is 0.0618. The lowest BCUT2D eigenvalue weighted by Crippen LogP contribution is -2.36. The first-order valence-electron chi connectivity index (χ1n) is 13.1. The van der Waals surface area contributed by atoms with E-state index in [1.807, 2.05) is 31.2 Å². The highest BCUT2D eigenvalue weighted by molar-refractivity contribution is 6.07. The molecule has 3 aliphatic rings. The molecule has 2 aromatic carbocycles. The fourth-order valence-corrected chi connectivity index (χ4v) is 4.95. The molecular weight excluding hydrogens is 491 g/mol. The summed E-state index contributed by atoms with van der Waals surface area (Å²) in [5.74, 6) is -2.90. The number of nitrogens with one attached hydrogen (secondary N) is 1. The molecule has 38 heavy (non-hydrogen) atoms. The van der Waals surface area contributed by atoms with Crippen LogP contribution in [-0.2, 0) is 11.2 Å². The van der Waals surface area contributed by atoms with E-state index in [9.17, 15) is 0 Å². The van der Waals surface area contributed by atoms with Gasteiger partial charge in [-0.25, -0.2) is 13.8 Å². The monoisotopic (exact) mass is 523 g/mol. The summed E-state index contributed by atoms with van der Waals surface area (Å²) < 4.78 is 57.7. The summed E-state index contributed by atoms with van der Waals surface area (Å²) in [6.45, 7) is 6.68. The third-order valence-corrected chi connectivity index (χ3v) is 7.11. The maximum absolute atomic E-state index is 15.9. The fourth-order valence-electron chi connectivity index (χ4n) is 4.95. The van der Waals surface area contributed by atoms with Crippen LogP contribution in [0.15, 0.2) is 64.8 Å². The van der Waals surface area contributed by atoms with Crippen LogP contribution in [-0.4, -0.2) is 32.1 Å². The van der Waals surface area contributed by atoms with Crippen LogP contribution in [0.25, 0.3) is 6.08 Å². The molecule has 8 heteroatoms. The van der Waals surface area contributed by atoms with Gasteiger partial charge in [0.1, 0.15) is 11.6 Å². The van der Waals surface area contributed by atoms with Crippen LogP contribution >= 0.6 is 0 Å². The number of allylic oxidation sites excluding steroid dienone is 3. The number of anilines is 2. The highest BCUT2D eigenvalue weighted by Crippen LogP contribution is 2.35. The standard InChI is InChI=1S/C30H32F3N3O2/c1-19-5-3-7-23-24(17-19)27(32)26(18-25(23)31)38-29-20(2)6-4-12-34-30(28(29)33)35-21-8-10-22(11-9-21)36-13-15-37-16-14-36/h4,8-12,17-18,20H,3,5-7,13-16H2,1-2H3,(H,34,35)/b12-4+,29-28-. The van der Waals surface area contributed by atoms with E-state index in [0.717, 1.165) is 43.3 Å². The highest BCUT2D eigenvalue weighted by atomic mass is 19.1. The molecule has 0 amide bonds. The Hall–Kier alpha value is -3.52. The Labute approximate surface area is 221 Å². The highest BCUT2D eigenvalue weighted by Gasteiger charge is 2.26. The second-order valence-corrected chi connectivity index (χ2v) is 9.96. The Morgan fingerprint density at radius 3 is 2.61 bits per heavy atom. The average Bonchev–Trinajstić information content (AvgIpc) is 3.13. The van der Waals surface area contributed by atoms with Gasteiger partial charge in [-0.15, -0.1) is 0 Å². The van der Waals surface area contributed by atoms with Gasteiger partial charge >= 0.3 is 0 Å². The normalized spacial score (nSPS) is 24.2. The van der Waals surface area contributed by atoms with E-state index in [0.29, 0.717) is 37.3 Å². The van der Waals surface area contributed by atoms with Crippen LogP contribution < -0.4 is 15.0 Å². The first-order valence-corrected chi connectivity index (χ1v) is 13.1. The van der Waals surface area contributed by atoms with Gasteiger partial charge in [0.2, 0.25) is 5.83 Å².